The lowest BCUT2D eigenvalue weighted by Crippen LogP contribution is -2.46. The van der Waals surface area contributed by atoms with Crippen molar-refractivity contribution in [3.05, 3.63) is 23.4 Å². The highest BCUT2D eigenvalue weighted by molar-refractivity contribution is 5.43. The number of halogens is 6. The van der Waals surface area contributed by atoms with Gasteiger partial charge in [0.15, 0.2) is 0 Å². The lowest BCUT2D eigenvalue weighted by Gasteiger charge is -2.23. The molecule has 1 rings (SSSR count). The molecule has 0 amide bonds. The molecule has 3 nitrogen and oxygen atoms in total. The molecule has 9 heteroatoms. The third-order valence-electron chi connectivity index (χ3n) is 2.06. The number of ether oxygens (including phenoxy) is 1. The molecule has 0 bridgehead atoms. The van der Waals surface area contributed by atoms with E-state index in [1.165, 1.54) is 19.1 Å². The van der Waals surface area contributed by atoms with Gasteiger partial charge in [-0.1, -0.05) is 0 Å². The average molecular weight is 284 g/mol. The molecule has 19 heavy (non-hydrogen) atoms. The first kappa shape index (κ1) is 15.1. The van der Waals surface area contributed by atoms with E-state index in [-0.39, 0.29) is 5.56 Å². The number of hydrogen-bond donors (Lipinski definition) is 0. The van der Waals surface area contributed by atoms with Crippen molar-refractivity contribution in [3.8, 4) is 11.9 Å². The molecule has 0 aromatic carbocycles. The summed E-state index contributed by atoms with van der Waals surface area (Å²) in [6, 6.07) is 2.72. The molecule has 0 unspecified atom stereocenters. The molecule has 0 fully saturated rings. The Morgan fingerprint density at radius 3 is 2.16 bits per heavy atom. The maximum absolute atomic E-state index is 12.3. The number of aromatic nitrogens is 1. The quantitative estimate of drug-likeness (QED) is 0.784. The summed E-state index contributed by atoms with van der Waals surface area (Å²) >= 11 is 0. The van der Waals surface area contributed by atoms with Gasteiger partial charge in [0.1, 0.15) is 11.6 Å². The van der Waals surface area contributed by atoms with Crippen LogP contribution in [0, 0.1) is 18.3 Å². The van der Waals surface area contributed by atoms with E-state index in [1.807, 2.05) is 0 Å². The number of aryl methyl sites for hydroxylation is 1. The Hall–Kier alpha value is -1.98. The fourth-order valence-corrected chi connectivity index (χ4v) is 1.19. The van der Waals surface area contributed by atoms with Crippen LogP contribution in [0.15, 0.2) is 12.3 Å². The Bertz CT molecular complexity index is 488. The van der Waals surface area contributed by atoms with E-state index in [0.29, 0.717) is 0 Å². The van der Waals surface area contributed by atoms with Crippen molar-refractivity contribution in [1.82, 2.24) is 4.98 Å². The van der Waals surface area contributed by atoms with Gasteiger partial charge in [0, 0.05) is 6.20 Å². The van der Waals surface area contributed by atoms with Gasteiger partial charge in [-0.15, -0.1) is 0 Å². The third-order valence-corrected chi connectivity index (χ3v) is 2.06. The molecular formula is C10H6F6N2O. The standard InChI is InChI=1S/C10H6F6N2O/c1-5-2-3-18-7(6(5)4-17)19-8(9(11,12)13)10(14,15)16/h2-3,8H,1H3. The van der Waals surface area contributed by atoms with Crippen LogP contribution in [0.25, 0.3) is 0 Å². The van der Waals surface area contributed by atoms with Crippen molar-refractivity contribution in [3.63, 3.8) is 0 Å². The lowest BCUT2D eigenvalue weighted by atomic mass is 10.2. The van der Waals surface area contributed by atoms with E-state index in [1.54, 1.807) is 0 Å². The zero-order chi connectivity index (χ0) is 14.8. The van der Waals surface area contributed by atoms with E-state index in [2.05, 4.69) is 9.72 Å². The van der Waals surface area contributed by atoms with Gasteiger partial charge in [0.25, 0.3) is 6.10 Å². The second-order valence-electron chi connectivity index (χ2n) is 3.50. The minimum absolute atomic E-state index is 0.163. The summed E-state index contributed by atoms with van der Waals surface area (Å²) in [4.78, 5) is 3.23. The van der Waals surface area contributed by atoms with Crippen LogP contribution in [-0.4, -0.2) is 23.4 Å². The Kier molecular flexibility index (Phi) is 3.93. The lowest BCUT2D eigenvalue weighted by molar-refractivity contribution is -0.300. The summed E-state index contributed by atoms with van der Waals surface area (Å²) in [6.45, 7) is 1.34. The van der Waals surface area contributed by atoms with Gasteiger partial charge in [-0.3, -0.25) is 0 Å². The maximum atomic E-state index is 12.3. The van der Waals surface area contributed by atoms with Crippen LogP contribution in [0.2, 0.25) is 0 Å². The average Bonchev–Trinajstić information content (AvgIpc) is 2.22. The number of nitrogens with zero attached hydrogens (tertiary/aromatic N) is 2. The molecule has 0 saturated heterocycles. The first-order chi connectivity index (χ1) is 8.57. The molecule has 1 aromatic heterocycles. The molecule has 1 aromatic rings. The number of nitriles is 1. The first-order valence-corrected chi connectivity index (χ1v) is 4.73. The van der Waals surface area contributed by atoms with Gasteiger partial charge in [0.2, 0.25) is 5.88 Å². The van der Waals surface area contributed by atoms with Gasteiger partial charge in [-0.2, -0.15) is 31.6 Å². The molecule has 0 aliphatic rings. The van der Waals surface area contributed by atoms with Crippen LogP contribution in [0.5, 0.6) is 5.88 Å². The Balaban J connectivity index is 3.20. The van der Waals surface area contributed by atoms with Crippen molar-refractivity contribution >= 4 is 0 Å². The minimum atomic E-state index is -5.66. The molecule has 0 saturated carbocycles. The van der Waals surface area contributed by atoms with E-state index in [0.717, 1.165) is 6.20 Å². The molecule has 104 valence electrons. The molecule has 0 spiro atoms. The highest BCUT2D eigenvalue weighted by atomic mass is 19.4. The van der Waals surface area contributed by atoms with Crippen molar-refractivity contribution in [2.45, 2.75) is 25.4 Å². The predicted molar refractivity (Wildman–Crippen MR) is 50.2 cm³/mol. The van der Waals surface area contributed by atoms with Crippen molar-refractivity contribution in [2.75, 3.05) is 0 Å². The van der Waals surface area contributed by atoms with E-state index < -0.39 is 29.9 Å². The maximum Gasteiger partial charge on any atom is 0.434 e. The van der Waals surface area contributed by atoms with Crippen LogP contribution in [0.4, 0.5) is 26.3 Å². The molecule has 0 atom stereocenters. The molecule has 0 aliphatic carbocycles. The fraction of sp³-hybridized carbons (Fsp3) is 0.400. The van der Waals surface area contributed by atoms with Crippen molar-refractivity contribution in [1.29, 1.82) is 5.26 Å². The molecule has 0 N–H and O–H groups in total. The summed E-state index contributed by atoms with van der Waals surface area (Å²) in [5.41, 5.74) is -0.309. The van der Waals surface area contributed by atoms with E-state index in [9.17, 15) is 26.3 Å². The van der Waals surface area contributed by atoms with Crippen LogP contribution < -0.4 is 4.74 Å². The second-order valence-corrected chi connectivity index (χ2v) is 3.50. The summed E-state index contributed by atoms with van der Waals surface area (Å²) in [7, 11) is 0. The van der Waals surface area contributed by atoms with Crippen LogP contribution in [-0.2, 0) is 0 Å². The van der Waals surface area contributed by atoms with Gasteiger partial charge in [-0.05, 0) is 18.6 Å². The molecule has 0 radical (unpaired) electrons. The van der Waals surface area contributed by atoms with E-state index >= 15 is 0 Å². The van der Waals surface area contributed by atoms with Crippen LogP contribution in [0.1, 0.15) is 11.1 Å². The number of alkyl halides is 6. The second kappa shape index (κ2) is 4.95. The number of pyridine rings is 1. The predicted octanol–water partition coefficient (Wildman–Crippen LogP) is 3.13. The largest absolute Gasteiger partial charge is 0.454 e. The smallest absolute Gasteiger partial charge is 0.434 e. The highest BCUT2D eigenvalue weighted by Crippen LogP contribution is 2.36. The summed E-state index contributed by atoms with van der Waals surface area (Å²) in [5.74, 6) is -0.998. The molecule has 1 heterocycles. The first-order valence-electron chi connectivity index (χ1n) is 4.73. The fourth-order valence-electron chi connectivity index (χ4n) is 1.19. The normalized spacial score (nSPS) is 12.4. The van der Waals surface area contributed by atoms with Gasteiger partial charge in [-0.25, -0.2) is 4.98 Å². The Morgan fingerprint density at radius 1 is 1.21 bits per heavy atom. The van der Waals surface area contributed by atoms with Crippen LogP contribution in [0.3, 0.4) is 0 Å². The monoisotopic (exact) mass is 284 g/mol. The minimum Gasteiger partial charge on any atom is -0.454 e. The topological polar surface area (TPSA) is 45.9 Å². The van der Waals surface area contributed by atoms with Crippen molar-refractivity contribution in [2.24, 2.45) is 0 Å². The van der Waals surface area contributed by atoms with Crippen molar-refractivity contribution < 1.29 is 31.1 Å². The molecule has 0 aliphatic heterocycles. The van der Waals surface area contributed by atoms with Gasteiger partial charge >= 0.3 is 12.4 Å². The van der Waals surface area contributed by atoms with E-state index in [4.69, 9.17) is 5.26 Å². The zero-order valence-electron chi connectivity index (χ0n) is 9.30. The zero-order valence-corrected chi connectivity index (χ0v) is 9.30. The summed E-state index contributed by atoms with van der Waals surface area (Å²) < 4.78 is 77.6. The summed E-state index contributed by atoms with van der Waals surface area (Å²) in [5, 5.41) is 8.69. The molecular weight excluding hydrogens is 278 g/mol. The summed E-state index contributed by atoms with van der Waals surface area (Å²) in [6.07, 6.45) is -14.4. The Morgan fingerprint density at radius 2 is 1.74 bits per heavy atom. The highest BCUT2D eigenvalue weighted by Gasteiger charge is 2.59. The number of hydrogen-bond acceptors (Lipinski definition) is 3. The SMILES string of the molecule is Cc1ccnc(OC(C(F)(F)F)C(F)(F)F)c1C#N. The van der Waals surface area contributed by atoms with Crippen LogP contribution >= 0.6 is 0 Å². The van der Waals surface area contributed by atoms with Gasteiger partial charge < -0.3 is 4.74 Å². The van der Waals surface area contributed by atoms with Gasteiger partial charge in [0.05, 0.1) is 0 Å². The Labute approximate surface area is 103 Å². The number of rotatable bonds is 2. The third kappa shape index (κ3) is 3.49.